The van der Waals surface area contributed by atoms with Crippen molar-refractivity contribution in [1.29, 1.82) is 0 Å². The molecule has 3 N–H and O–H groups in total. The number of benzene rings is 1. The van der Waals surface area contributed by atoms with Crippen LogP contribution in [0.25, 0.3) is 0 Å². The summed E-state index contributed by atoms with van der Waals surface area (Å²) in [4.78, 5) is 11.3. The van der Waals surface area contributed by atoms with Gasteiger partial charge in [0.1, 0.15) is 0 Å². The van der Waals surface area contributed by atoms with Crippen molar-refractivity contribution in [3.63, 3.8) is 0 Å². The Balaban J connectivity index is 3.01. The lowest BCUT2D eigenvalue weighted by atomic mass is 9.94. The molecule has 0 heterocycles. The highest BCUT2D eigenvalue weighted by atomic mass is 35.5. The van der Waals surface area contributed by atoms with Gasteiger partial charge in [0.15, 0.2) is 0 Å². The summed E-state index contributed by atoms with van der Waals surface area (Å²) < 4.78 is 0. The first-order chi connectivity index (χ1) is 7.35. The third-order valence-corrected chi connectivity index (χ3v) is 2.66. The molecule has 5 heteroatoms. The van der Waals surface area contributed by atoms with E-state index >= 15 is 0 Å². The summed E-state index contributed by atoms with van der Waals surface area (Å²) in [7, 11) is 0. The van der Waals surface area contributed by atoms with Crippen LogP contribution in [0, 0.1) is 0 Å². The fourth-order valence-corrected chi connectivity index (χ4v) is 1.91. The van der Waals surface area contributed by atoms with Gasteiger partial charge in [0.2, 0.25) is 5.91 Å². The summed E-state index contributed by atoms with van der Waals surface area (Å²) in [5, 5.41) is 3.87. The predicted molar refractivity (Wildman–Crippen MR) is 66.7 cm³/mol. The Labute approximate surface area is 105 Å². The van der Waals surface area contributed by atoms with E-state index < -0.39 is 5.54 Å². The van der Waals surface area contributed by atoms with Gasteiger partial charge in [-0.25, -0.2) is 0 Å². The first-order valence-corrected chi connectivity index (χ1v) is 5.58. The minimum atomic E-state index is -0.551. The van der Waals surface area contributed by atoms with Crippen molar-refractivity contribution < 1.29 is 4.79 Å². The summed E-state index contributed by atoms with van der Waals surface area (Å²) in [6, 6.07) is 5.18. The van der Waals surface area contributed by atoms with E-state index in [1.54, 1.807) is 18.2 Å². The van der Waals surface area contributed by atoms with Crippen LogP contribution in [0.15, 0.2) is 18.2 Å². The van der Waals surface area contributed by atoms with Gasteiger partial charge in [-0.2, -0.15) is 0 Å². The number of carbonyl (C=O) groups is 1. The Bertz CT molecular complexity index is 385. The van der Waals surface area contributed by atoms with Crippen LogP contribution >= 0.6 is 23.2 Å². The minimum absolute atomic E-state index is 0.0439. The van der Waals surface area contributed by atoms with Crippen LogP contribution in [0.3, 0.4) is 0 Å². The standard InChI is InChI=1S/C11H14Cl2N2O/c1-11(2,15-10(16)6-14)7-3-8(12)5-9(13)4-7/h3-5H,6,14H2,1-2H3,(H,15,16). The lowest BCUT2D eigenvalue weighted by Gasteiger charge is -2.27. The Hall–Kier alpha value is -0.770. The van der Waals surface area contributed by atoms with Gasteiger partial charge in [-0.1, -0.05) is 23.2 Å². The number of amides is 1. The fourth-order valence-electron chi connectivity index (χ4n) is 1.39. The zero-order chi connectivity index (χ0) is 12.3. The molecule has 0 saturated heterocycles. The Kier molecular flexibility index (Phi) is 4.19. The van der Waals surface area contributed by atoms with E-state index in [9.17, 15) is 4.79 Å². The van der Waals surface area contributed by atoms with Gasteiger partial charge >= 0.3 is 0 Å². The predicted octanol–water partition coefficient (Wildman–Crippen LogP) is 2.30. The number of rotatable bonds is 3. The molecule has 1 aromatic carbocycles. The maximum Gasteiger partial charge on any atom is 0.234 e. The van der Waals surface area contributed by atoms with Crippen LogP contribution in [-0.4, -0.2) is 12.5 Å². The van der Waals surface area contributed by atoms with E-state index in [-0.39, 0.29) is 12.5 Å². The molecule has 1 rings (SSSR count). The van der Waals surface area contributed by atoms with Crippen molar-refractivity contribution in [2.75, 3.05) is 6.54 Å². The van der Waals surface area contributed by atoms with E-state index in [1.165, 1.54) is 0 Å². The highest BCUT2D eigenvalue weighted by Gasteiger charge is 2.22. The second kappa shape index (κ2) is 5.04. The molecule has 0 fully saturated rings. The zero-order valence-corrected chi connectivity index (χ0v) is 10.7. The topological polar surface area (TPSA) is 55.1 Å². The zero-order valence-electron chi connectivity index (χ0n) is 9.18. The molecule has 1 amide bonds. The molecule has 0 bridgehead atoms. The number of hydrogen-bond acceptors (Lipinski definition) is 2. The quantitative estimate of drug-likeness (QED) is 0.877. The second-order valence-corrected chi connectivity index (χ2v) is 4.91. The Morgan fingerprint density at radius 3 is 2.25 bits per heavy atom. The highest BCUT2D eigenvalue weighted by Crippen LogP contribution is 2.27. The molecule has 88 valence electrons. The smallest absolute Gasteiger partial charge is 0.234 e. The highest BCUT2D eigenvalue weighted by molar-refractivity contribution is 6.34. The first kappa shape index (κ1) is 13.3. The van der Waals surface area contributed by atoms with Gasteiger partial charge in [0.25, 0.3) is 0 Å². The molecule has 0 unspecified atom stereocenters. The molecule has 0 saturated carbocycles. The van der Waals surface area contributed by atoms with Gasteiger partial charge < -0.3 is 11.1 Å². The number of nitrogens with two attached hydrogens (primary N) is 1. The van der Waals surface area contributed by atoms with Crippen molar-refractivity contribution in [3.05, 3.63) is 33.8 Å². The van der Waals surface area contributed by atoms with Crippen molar-refractivity contribution in [2.24, 2.45) is 5.73 Å². The van der Waals surface area contributed by atoms with Crippen molar-refractivity contribution in [1.82, 2.24) is 5.32 Å². The number of hydrogen-bond donors (Lipinski definition) is 2. The van der Waals surface area contributed by atoms with Gasteiger partial charge in [0.05, 0.1) is 12.1 Å². The number of halogens is 2. The molecule has 0 radical (unpaired) electrons. The third-order valence-electron chi connectivity index (χ3n) is 2.22. The van der Waals surface area contributed by atoms with Gasteiger partial charge in [-0.05, 0) is 37.6 Å². The van der Waals surface area contributed by atoms with E-state index in [4.69, 9.17) is 28.9 Å². The Morgan fingerprint density at radius 2 is 1.81 bits per heavy atom. The molecule has 0 aromatic heterocycles. The van der Waals surface area contributed by atoms with Crippen molar-refractivity contribution >= 4 is 29.1 Å². The monoisotopic (exact) mass is 260 g/mol. The van der Waals surface area contributed by atoms with Crippen LogP contribution < -0.4 is 11.1 Å². The van der Waals surface area contributed by atoms with Crippen LogP contribution in [-0.2, 0) is 10.3 Å². The summed E-state index contributed by atoms with van der Waals surface area (Å²) in [6.07, 6.45) is 0. The maximum absolute atomic E-state index is 11.3. The number of carbonyl (C=O) groups excluding carboxylic acids is 1. The largest absolute Gasteiger partial charge is 0.346 e. The molecule has 0 aliphatic carbocycles. The molecule has 0 spiro atoms. The van der Waals surface area contributed by atoms with Gasteiger partial charge in [-0.15, -0.1) is 0 Å². The second-order valence-electron chi connectivity index (χ2n) is 4.04. The van der Waals surface area contributed by atoms with Crippen molar-refractivity contribution in [3.8, 4) is 0 Å². The molecule has 0 atom stereocenters. The van der Waals surface area contributed by atoms with Crippen LogP contribution in [0.2, 0.25) is 10.0 Å². The first-order valence-electron chi connectivity index (χ1n) is 4.83. The normalized spacial score (nSPS) is 11.3. The molecule has 0 aliphatic heterocycles. The van der Waals surface area contributed by atoms with Crippen molar-refractivity contribution in [2.45, 2.75) is 19.4 Å². The van der Waals surface area contributed by atoms with Gasteiger partial charge in [-0.3, -0.25) is 4.79 Å². The molecule has 0 aliphatic rings. The minimum Gasteiger partial charge on any atom is -0.346 e. The SMILES string of the molecule is CC(C)(NC(=O)CN)c1cc(Cl)cc(Cl)c1. The molecular formula is C11H14Cl2N2O. The molecule has 16 heavy (non-hydrogen) atoms. The van der Waals surface area contributed by atoms with E-state index in [2.05, 4.69) is 5.32 Å². The molecule has 1 aromatic rings. The van der Waals surface area contributed by atoms with E-state index in [0.717, 1.165) is 5.56 Å². The summed E-state index contributed by atoms with van der Waals surface area (Å²) in [5.41, 5.74) is 5.54. The lowest BCUT2D eigenvalue weighted by molar-refractivity contribution is -0.121. The fraction of sp³-hybridized carbons (Fsp3) is 0.364. The van der Waals surface area contributed by atoms with E-state index in [1.807, 2.05) is 13.8 Å². The van der Waals surface area contributed by atoms with Crippen LogP contribution in [0.5, 0.6) is 0 Å². The molecular weight excluding hydrogens is 247 g/mol. The van der Waals surface area contributed by atoms with Crippen LogP contribution in [0.4, 0.5) is 0 Å². The van der Waals surface area contributed by atoms with Gasteiger partial charge in [0, 0.05) is 10.0 Å². The number of nitrogens with one attached hydrogen (secondary N) is 1. The average molecular weight is 261 g/mol. The Morgan fingerprint density at radius 1 is 1.31 bits per heavy atom. The lowest BCUT2D eigenvalue weighted by Crippen LogP contribution is -2.43. The van der Waals surface area contributed by atoms with E-state index in [0.29, 0.717) is 10.0 Å². The summed E-state index contributed by atoms with van der Waals surface area (Å²) in [6.45, 7) is 3.68. The van der Waals surface area contributed by atoms with Crippen LogP contribution in [0.1, 0.15) is 19.4 Å². The third kappa shape index (κ3) is 3.37. The maximum atomic E-state index is 11.3. The average Bonchev–Trinajstić information content (AvgIpc) is 2.15. The molecule has 3 nitrogen and oxygen atoms in total. The summed E-state index contributed by atoms with van der Waals surface area (Å²) >= 11 is 11.8. The summed E-state index contributed by atoms with van der Waals surface area (Å²) in [5.74, 6) is -0.221.